The lowest BCUT2D eigenvalue weighted by Crippen LogP contribution is -2.01. The number of nitrogens with one attached hydrogen (secondary N) is 1. The van der Waals surface area contributed by atoms with Crippen molar-refractivity contribution >= 4 is 56.6 Å². The van der Waals surface area contributed by atoms with Gasteiger partial charge in [0.25, 0.3) is 0 Å². The first-order valence-corrected chi connectivity index (χ1v) is 6.12. The maximum Gasteiger partial charge on any atom is 0.230 e. The predicted molar refractivity (Wildman–Crippen MR) is 73.9 cm³/mol. The van der Waals surface area contributed by atoms with Crippen molar-refractivity contribution in [2.45, 2.75) is 0 Å². The second-order valence-electron chi connectivity index (χ2n) is 3.16. The molecule has 0 saturated carbocycles. The molecule has 2 aromatic rings. The number of benzene rings is 1. The Morgan fingerprint density at radius 2 is 1.82 bits per heavy atom. The minimum atomic E-state index is 0.326. The average Bonchev–Trinajstić information content (AvgIpc) is 2.22. The van der Waals surface area contributed by atoms with Crippen molar-refractivity contribution in [3.05, 3.63) is 38.9 Å². The van der Waals surface area contributed by atoms with E-state index in [1.165, 1.54) is 0 Å². The molecule has 4 nitrogen and oxygen atoms in total. The van der Waals surface area contributed by atoms with E-state index < -0.39 is 0 Å². The molecule has 0 amide bonds. The topological polar surface area (TPSA) is 63.8 Å². The second kappa shape index (κ2) is 5.08. The van der Waals surface area contributed by atoms with Crippen molar-refractivity contribution in [3.8, 4) is 0 Å². The minimum absolute atomic E-state index is 0.326. The van der Waals surface area contributed by atoms with Crippen LogP contribution in [0.1, 0.15) is 0 Å². The highest BCUT2D eigenvalue weighted by Crippen LogP contribution is 2.31. The standard InChI is InChI=1S/C10H7BrCl2N4/c11-7-4-8(14)16-10(15-7)17-9-5(12)2-1-3-6(9)13/h1-4H,(H3,14,15,16,17). The van der Waals surface area contributed by atoms with Gasteiger partial charge in [-0.15, -0.1) is 0 Å². The number of nitrogen functional groups attached to an aromatic ring is 1. The molecule has 3 N–H and O–H groups in total. The lowest BCUT2D eigenvalue weighted by Gasteiger charge is -2.09. The van der Waals surface area contributed by atoms with Gasteiger partial charge >= 0.3 is 0 Å². The highest BCUT2D eigenvalue weighted by Gasteiger charge is 2.08. The van der Waals surface area contributed by atoms with Gasteiger partial charge in [0, 0.05) is 6.07 Å². The SMILES string of the molecule is Nc1cc(Br)nc(Nc2c(Cl)cccc2Cl)n1. The highest BCUT2D eigenvalue weighted by atomic mass is 79.9. The number of hydrogen-bond donors (Lipinski definition) is 2. The van der Waals surface area contributed by atoms with Crippen molar-refractivity contribution in [1.29, 1.82) is 0 Å². The molecule has 0 bridgehead atoms. The van der Waals surface area contributed by atoms with Crippen LogP contribution in [-0.4, -0.2) is 9.97 Å². The molecular formula is C10H7BrCl2N4. The molecule has 0 aliphatic heterocycles. The number of halogens is 3. The van der Waals surface area contributed by atoms with Crippen LogP contribution in [0.25, 0.3) is 0 Å². The summed E-state index contributed by atoms with van der Waals surface area (Å²) in [6, 6.07) is 6.79. The second-order valence-corrected chi connectivity index (χ2v) is 4.79. The van der Waals surface area contributed by atoms with Crippen LogP contribution in [0.3, 0.4) is 0 Å². The van der Waals surface area contributed by atoms with Gasteiger partial charge in [-0.25, -0.2) is 4.98 Å². The molecule has 0 saturated heterocycles. The molecular weight excluding hydrogens is 327 g/mol. The highest BCUT2D eigenvalue weighted by molar-refractivity contribution is 9.10. The summed E-state index contributed by atoms with van der Waals surface area (Å²) >= 11 is 15.3. The van der Waals surface area contributed by atoms with Crippen LogP contribution < -0.4 is 11.1 Å². The molecule has 7 heteroatoms. The quantitative estimate of drug-likeness (QED) is 0.819. The van der Waals surface area contributed by atoms with Gasteiger partial charge in [-0.2, -0.15) is 4.98 Å². The molecule has 1 aromatic heterocycles. The molecule has 0 radical (unpaired) electrons. The molecule has 17 heavy (non-hydrogen) atoms. The van der Waals surface area contributed by atoms with E-state index in [0.29, 0.717) is 32.1 Å². The smallest absolute Gasteiger partial charge is 0.230 e. The number of rotatable bonds is 2. The van der Waals surface area contributed by atoms with E-state index >= 15 is 0 Å². The number of hydrogen-bond acceptors (Lipinski definition) is 4. The van der Waals surface area contributed by atoms with Gasteiger partial charge in [0.1, 0.15) is 10.4 Å². The summed E-state index contributed by atoms with van der Waals surface area (Å²) in [5, 5.41) is 3.90. The predicted octanol–water partition coefficient (Wildman–Crippen LogP) is 3.87. The number of para-hydroxylation sites is 1. The number of aromatic nitrogens is 2. The van der Waals surface area contributed by atoms with Gasteiger partial charge in [0.05, 0.1) is 15.7 Å². The fraction of sp³-hybridized carbons (Fsp3) is 0. The first-order valence-electron chi connectivity index (χ1n) is 4.57. The number of anilines is 3. The zero-order chi connectivity index (χ0) is 12.4. The van der Waals surface area contributed by atoms with E-state index in [4.69, 9.17) is 28.9 Å². The molecule has 88 valence electrons. The summed E-state index contributed by atoms with van der Waals surface area (Å²) in [5.41, 5.74) is 6.15. The van der Waals surface area contributed by atoms with E-state index in [1.807, 2.05) is 0 Å². The Kier molecular flexibility index (Phi) is 3.71. The third-order valence-corrected chi connectivity index (χ3v) is 2.95. The summed E-state index contributed by atoms with van der Waals surface area (Å²) in [7, 11) is 0. The fourth-order valence-electron chi connectivity index (χ4n) is 1.22. The van der Waals surface area contributed by atoms with Crippen LogP contribution in [0, 0.1) is 0 Å². The van der Waals surface area contributed by atoms with Crippen molar-refractivity contribution in [2.75, 3.05) is 11.1 Å². The van der Waals surface area contributed by atoms with Crippen LogP contribution in [0.5, 0.6) is 0 Å². The average molecular weight is 334 g/mol. The van der Waals surface area contributed by atoms with Gasteiger partial charge in [0.15, 0.2) is 0 Å². The maximum absolute atomic E-state index is 6.01. The molecule has 0 aliphatic carbocycles. The van der Waals surface area contributed by atoms with E-state index in [0.717, 1.165) is 0 Å². The zero-order valence-electron chi connectivity index (χ0n) is 8.42. The Morgan fingerprint density at radius 1 is 1.18 bits per heavy atom. The van der Waals surface area contributed by atoms with Crippen LogP contribution in [-0.2, 0) is 0 Å². The first kappa shape index (κ1) is 12.4. The van der Waals surface area contributed by atoms with Crippen molar-refractivity contribution in [1.82, 2.24) is 9.97 Å². The van der Waals surface area contributed by atoms with Crippen molar-refractivity contribution < 1.29 is 0 Å². The van der Waals surface area contributed by atoms with Crippen LogP contribution in [0.4, 0.5) is 17.5 Å². The molecule has 0 spiro atoms. The van der Waals surface area contributed by atoms with Crippen LogP contribution in [0.15, 0.2) is 28.9 Å². The third-order valence-electron chi connectivity index (χ3n) is 1.91. The van der Waals surface area contributed by atoms with E-state index in [1.54, 1.807) is 24.3 Å². The molecule has 1 aromatic carbocycles. The molecule has 0 atom stereocenters. The lowest BCUT2D eigenvalue weighted by atomic mass is 10.3. The van der Waals surface area contributed by atoms with Gasteiger partial charge in [-0.05, 0) is 28.1 Å². The number of nitrogens with zero attached hydrogens (tertiary/aromatic N) is 2. The van der Waals surface area contributed by atoms with Crippen LogP contribution >= 0.6 is 39.1 Å². The maximum atomic E-state index is 6.01. The molecule has 0 fully saturated rings. The Hall–Kier alpha value is -1.04. The normalized spacial score (nSPS) is 10.3. The monoisotopic (exact) mass is 332 g/mol. The van der Waals surface area contributed by atoms with Crippen molar-refractivity contribution in [3.63, 3.8) is 0 Å². The van der Waals surface area contributed by atoms with E-state index in [2.05, 4.69) is 31.2 Å². The molecule has 2 rings (SSSR count). The van der Waals surface area contributed by atoms with Gasteiger partial charge in [0.2, 0.25) is 5.95 Å². The zero-order valence-corrected chi connectivity index (χ0v) is 11.5. The lowest BCUT2D eigenvalue weighted by molar-refractivity contribution is 1.15. The summed E-state index contributed by atoms with van der Waals surface area (Å²) in [5.74, 6) is 0.671. The summed E-state index contributed by atoms with van der Waals surface area (Å²) < 4.78 is 0.579. The summed E-state index contributed by atoms with van der Waals surface area (Å²) in [6.07, 6.45) is 0. The van der Waals surface area contributed by atoms with E-state index in [-0.39, 0.29) is 0 Å². The summed E-state index contributed by atoms with van der Waals surface area (Å²) in [6.45, 7) is 0. The molecule has 0 unspecified atom stereocenters. The van der Waals surface area contributed by atoms with Crippen LogP contribution in [0.2, 0.25) is 10.0 Å². The van der Waals surface area contributed by atoms with Gasteiger partial charge in [-0.3, -0.25) is 0 Å². The van der Waals surface area contributed by atoms with Gasteiger partial charge in [-0.1, -0.05) is 29.3 Å². The Balaban J connectivity index is 2.38. The Morgan fingerprint density at radius 3 is 2.41 bits per heavy atom. The first-order chi connectivity index (χ1) is 8.06. The molecule has 1 heterocycles. The minimum Gasteiger partial charge on any atom is -0.383 e. The van der Waals surface area contributed by atoms with Gasteiger partial charge < -0.3 is 11.1 Å². The largest absolute Gasteiger partial charge is 0.383 e. The Bertz CT molecular complexity index is 521. The summed E-state index contributed by atoms with van der Waals surface area (Å²) in [4.78, 5) is 8.13. The fourth-order valence-corrected chi connectivity index (χ4v) is 2.11. The Labute approximate surface area is 116 Å². The third kappa shape index (κ3) is 3.00. The molecule has 0 aliphatic rings. The van der Waals surface area contributed by atoms with Crippen molar-refractivity contribution in [2.24, 2.45) is 0 Å². The number of nitrogens with two attached hydrogens (primary N) is 1. The van der Waals surface area contributed by atoms with E-state index in [9.17, 15) is 0 Å².